The van der Waals surface area contributed by atoms with Crippen LogP contribution in [0, 0.1) is 24.2 Å². The maximum absolute atomic E-state index is 5.70. The van der Waals surface area contributed by atoms with E-state index in [1.165, 1.54) is 12.8 Å². The molecule has 0 aliphatic carbocycles. The van der Waals surface area contributed by atoms with E-state index in [9.17, 15) is 0 Å². The standard InChI is InChI=1S/C13H22O2/c1-4-11(2)9-12(3)10-15-13-7-5-6-8-14-13/h1,11-13H,5-10H2,2-3H3. The van der Waals surface area contributed by atoms with E-state index in [0.29, 0.717) is 11.8 Å². The Labute approximate surface area is 93.3 Å². The molecule has 1 fully saturated rings. The summed E-state index contributed by atoms with van der Waals surface area (Å²) in [6.45, 7) is 5.86. The van der Waals surface area contributed by atoms with E-state index >= 15 is 0 Å². The normalized spacial score (nSPS) is 25.5. The van der Waals surface area contributed by atoms with Gasteiger partial charge in [0.2, 0.25) is 0 Å². The summed E-state index contributed by atoms with van der Waals surface area (Å²) in [5.41, 5.74) is 0. The van der Waals surface area contributed by atoms with Gasteiger partial charge in [0.15, 0.2) is 6.29 Å². The van der Waals surface area contributed by atoms with E-state index in [1.807, 2.05) is 0 Å². The fourth-order valence-electron chi connectivity index (χ4n) is 1.85. The average molecular weight is 210 g/mol. The van der Waals surface area contributed by atoms with Gasteiger partial charge < -0.3 is 9.47 Å². The Hall–Kier alpha value is -0.520. The van der Waals surface area contributed by atoms with E-state index in [2.05, 4.69) is 19.8 Å². The lowest BCUT2D eigenvalue weighted by Gasteiger charge is -2.24. The number of ether oxygens (including phenoxy) is 2. The summed E-state index contributed by atoms with van der Waals surface area (Å²) in [4.78, 5) is 0. The molecule has 0 aromatic rings. The Bertz CT molecular complexity index is 201. The number of hydrogen-bond acceptors (Lipinski definition) is 2. The molecule has 0 bridgehead atoms. The summed E-state index contributed by atoms with van der Waals surface area (Å²) in [6.07, 6.45) is 9.84. The van der Waals surface area contributed by atoms with Crippen molar-refractivity contribution in [2.24, 2.45) is 11.8 Å². The molecule has 1 saturated heterocycles. The molecule has 1 aliphatic heterocycles. The van der Waals surface area contributed by atoms with Crippen LogP contribution in [-0.2, 0) is 9.47 Å². The smallest absolute Gasteiger partial charge is 0.157 e. The number of hydrogen-bond donors (Lipinski definition) is 0. The van der Waals surface area contributed by atoms with Crippen LogP contribution in [0.4, 0.5) is 0 Å². The summed E-state index contributed by atoms with van der Waals surface area (Å²) in [5, 5.41) is 0. The van der Waals surface area contributed by atoms with Crippen LogP contribution in [-0.4, -0.2) is 19.5 Å². The van der Waals surface area contributed by atoms with Crippen LogP contribution in [0.5, 0.6) is 0 Å². The van der Waals surface area contributed by atoms with Crippen molar-refractivity contribution in [3.8, 4) is 12.3 Å². The first-order valence-corrected chi connectivity index (χ1v) is 5.91. The highest BCUT2D eigenvalue weighted by Gasteiger charge is 2.15. The van der Waals surface area contributed by atoms with E-state index in [0.717, 1.165) is 26.1 Å². The number of rotatable bonds is 5. The molecule has 0 aromatic carbocycles. The molecule has 0 spiro atoms. The second-order valence-corrected chi connectivity index (χ2v) is 4.54. The molecular formula is C13H22O2. The Balaban J connectivity index is 2.10. The van der Waals surface area contributed by atoms with E-state index in [1.54, 1.807) is 0 Å². The second-order valence-electron chi connectivity index (χ2n) is 4.54. The third kappa shape index (κ3) is 5.20. The van der Waals surface area contributed by atoms with Gasteiger partial charge in [-0.25, -0.2) is 0 Å². The van der Waals surface area contributed by atoms with Gasteiger partial charge in [-0.1, -0.05) is 13.8 Å². The maximum Gasteiger partial charge on any atom is 0.157 e. The fraction of sp³-hybridized carbons (Fsp3) is 0.846. The molecular weight excluding hydrogens is 188 g/mol. The zero-order valence-electron chi connectivity index (χ0n) is 9.87. The molecule has 0 saturated carbocycles. The van der Waals surface area contributed by atoms with Gasteiger partial charge in [0.25, 0.3) is 0 Å². The summed E-state index contributed by atoms with van der Waals surface area (Å²) in [5.74, 6) is 3.61. The van der Waals surface area contributed by atoms with Crippen LogP contribution in [0.2, 0.25) is 0 Å². The van der Waals surface area contributed by atoms with Gasteiger partial charge in [-0.05, 0) is 31.6 Å². The van der Waals surface area contributed by atoms with Gasteiger partial charge in [0, 0.05) is 12.5 Å². The van der Waals surface area contributed by atoms with Crippen molar-refractivity contribution in [2.45, 2.75) is 45.8 Å². The van der Waals surface area contributed by atoms with Crippen LogP contribution in [0.3, 0.4) is 0 Å². The summed E-state index contributed by atoms with van der Waals surface area (Å²) in [7, 11) is 0. The molecule has 15 heavy (non-hydrogen) atoms. The van der Waals surface area contributed by atoms with Crippen LogP contribution < -0.4 is 0 Å². The molecule has 0 N–H and O–H groups in total. The second kappa shape index (κ2) is 6.87. The first-order valence-electron chi connectivity index (χ1n) is 5.91. The number of terminal acetylenes is 1. The lowest BCUT2D eigenvalue weighted by atomic mass is 9.99. The zero-order chi connectivity index (χ0) is 11.1. The highest BCUT2D eigenvalue weighted by atomic mass is 16.7. The SMILES string of the molecule is C#CC(C)CC(C)COC1CCCCO1. The third-order valence-electron chi connectivity index (χ3n) is 2.74. The Morgan fingerprint density at radius 3 is 2.87 bits per heavy atom. The van der Waals surface area contributed by atoms with Crippen molar-refractivity contribution in [2.75, 3.05) is 13.2 Å². The van der Waals surface area contributed by atoms with Gasteiger partial charge in [-0.3, -0.25) is 0 Å². The highest BCUT2D eigenvalue weighted by Crippen LogP contribution is 2.17. The molecule has 1 rings (SSSR count). The maximum atomic E-state index is 5.70. The Morgan fingerprint density at radius 1 is 1.47 bits per heavy atom. The fourth-order valence-corrected chi connectivity index (χ4v) is 1.85. The zero-order valence-corrected chi connectivity index (χ0v) is 9.87. The summed E-state index contributed by atoms with van der Waals surface area (Å²) >= 11 is 0. The highest BCUT2D eigenvalue weighted by molar-refractivity contribution is 4.90. The average Bonchev–Trinajstić information content (AvgIpc) is 2.27. The minimum Gasteiger partial charge on any atom is -0.353 e. The molecule has 3 unspecified atom stereocenters. The molecule has 2 heteroatoms. The molecule has 0 amide bonds. The molecule has 0 aromatic heterocycles. The van der Waals surface area contributed by atoms with Crippen molar-refractivity contribution in [3.63, 3.8) is 0 Å². The van der Waals surface area contributed by atoms with E-state index in [4.69, 9.17) is 15.9 Å². The van der Waals surface area contributed by atoms with Crippen LogP contribution >= 0.6 is 0 Å². The van der Waals surface area contributed by atoms with Crippen molar-refractivity contribution in [1.29, 1.82) is 0 Å². The first-order chi connectivity index (χ1) is 7.22. The predicted molar refractivity (Wildman–Crippen MR) is 61.3 cm³/mol. The van der Waals surface area contributed by atoms with Gasteiger partial charge in [0.05, 0.1) is 6.61 Å². The topological polar surface area (TPSA) is 18.5 Å². The summed E-state index contributed by atoms with van der Waals surface area (Å²) in [6, 6.07) is 0. The molecule has 2 nitrogen and oxygen atoms in total. The monoisotopic (exact) mass is 210 g/mol. The molecule has 1 heterocycles. The molecule has 0 radical (unpaired) electrons. The first kappa shape index (κ1) is 12.5. The van der Waals surface area contributed by atoms with Gasteiger partial charge in [0.1, 0.15) is 0 Å². The Kier molecular flexibility index (Phi) is 5.75. The van der Waals surface area contributed by atoms with Crippen molar-refractivity contribution >= 4 is 0 Å². The summed E-state index contributed by atoms with van der Waals surface area (Å²) < 4.78 is 11.2. The predicted octanol–water partition coefficient (Wildman–Crippen LogP) is 2.83. The largest absolute Gasteiger partial charge is 0.353 e. The van der Waals surface area contributed by atoms with Gasteiger partial charge in [-0.15, -0.1) is 12.3 Å². The Morgan fingerprint density at radius 2 is 2.27 bits per heavy atom. The minimum atomic E-state index is 0.0299. The van der Waals surface area contributed by atoms with Crippen LogP contribution in [0.25, 0.3) is 0 Å². The van der Waals surface area contributed by atoms with E-state index in [-0.39, 0.29) is 6.29 Å². The van der Waals surface area contributed by atoms with Crippen molar-refractivity contribution in [1.82, 2.24) is 0 Å². The molecule has 3 atom stereocenters. The van der Waals surface area contributed by atoms with Crippen molar-refractivity contribution < 1.29 is 9.47 Å². The van der Waals surface area contributed by atoms with Crippen LogP contribution in [0.15, 0.2) is 0 Å². The lowest BCUT2D eigenvalue weighted by Crippen LogP contribution is -2.24. The third-order valence-corrected chi connectivity index (χ3v) is 2.74. The van der Waals surface area contributed by atoms with Gasteiger partial charge >= 0.3 is 0 Å². The molecule has 86 valence electrons. The molecule has 1 aliphatic rings. The van der Waals surface area contributed by atoms with Crippen molar-refractivity contribution in [3.05, 3.63) is 0 Å². The minimum absolute atomic E-state index is 0.0299. The van der Waals surface area contributed by atoms with Crippen LogP contribution in [0.1, 0.15) is 39.5 Å². The quantitative estimate of drug-likeness (QED) is 0.650. The van der Waals surface area contributed by atoms with E-state index < -0.39 is 0 Å². The van der Waals surface area contributed by atoms with Gasteiger partial charge in [-0.2, -0.15) is 0 Å². The lowest BCUT2D eigenvalue weighted by molar-refractivity contribution is -0.168.